The minimum Gasteiger partial charge on any atom is -0.497 e. The summed E-state index contributed by atoms with van der Waals surface area (Å²) in [5.41, 5.74) is 2.01. The molecule has 196 valence electrons. The van der Waals surface area contributed by atoms with Crippen molar-refractivity contribution < 1.29 is 23.9 Å². The van der Waals surface area contributed by atoms with Gasteiger partial charge in [0.25, 0.3) is 17.6 Å². The Labute approximate surface area is 229 Å². The van der Waals surface area contributed by atoms with E-state index in [9.17, 15) is 19.2 Å². The predicted molar refractivity (Wildman–Crippen MR) is 149 cm³/mol. The van der Waals surface area contributed by atoms with Crippen LogP contribution in [0.4, 0.5) is 11.4 Å². The maximum absolute atomic E-state index is 14.0. The number of anilines is 2. The van der Waals surface area contributed by atoms with Crippen molar-refractivity contribution in [1.29, 1.82) is 0 Å². The van der Waals surface area contributed by atoms with Gasteiger partial charge in [0, 0.05) is 17.1 Å². The van der Waals surface area contributed by atoms with Gasteiger partial charge in [0.15, 0.2) is 0 Å². The monoisotopic (exact) mass is 539 g/mol. The number of carbonyl (C=O) groups excluding carboxylic acids is 4. The van der Waals surface area contributed by atoms with Gasteiger partial charge in [-0.25, -0.2) is 0 Å². The Hall–Kier alpha value is -4.76. The lowest BCUT2D eigenvalue weighted by atomic mass is 10.1. The number of hydrogen-bond acceptors (Lipinski definition) is 6. The Bertz CT molecular complexity index is 1500. The van der Waals surface area contributed by atoms with Crippen molar-refractivity contribution in [3.63, 3.8) is 0 Å². The Balaban J connectivity index is 1.49. The van der Waals surface area contributed by atoms with Gasteiger partial charge in [0.1, 0.15) is 18.3 Å². The Morgan fingerprint density at radius 3 is 2.33 bits per heavy atom. The molecule has 0 aliphatic carbocycles. The first-order valence-electron chi connectivity index (χ1n) is 12.2. The number of nitrogens with one attached hydrogen (secondary N) is 1. The number of amides is 3. The summed E-state index contributed by atoms with van der Waals surface area (Å²) in [5, 5.41) is 4.75. The van der Waals surface area contributed by atoms with Crippen LogP contribution in [-0.4, -0.2) is 42.1 Å². The minimum atomic E-state index is -0.983. The number of benzene rings is 3. The summed E-state index contributed by atoms with van der Waals surface area (Å²) in [6.07, 6.45) is 0. The Morgan fingerprint density at radius 2 is 1.64 bits per heavy atom. The van der Waals surface area contributed by atoms with Crippen molar-refractivity contribution in [2.75, 3.05) is 23.9 Å². The molecule has 1 aliphatic rings. The van der Waals surface area contributed by atoms with Crippen LogP contribution in [0.2, 0.25) is 0 Å². The van der Waals surface area contributed by atoms with Gasteiger partial charge in [0.05, 0.1) is 18.4 Å². The second-order valence-electron chi connectivity index (χ2n) is 8.88. The van der Waals surface area contributed by atoms with Gasteiger partial charge < -0.3 is 15.0 Å². The van der Waals surface area contributed by atoms with Gasteiger partial charge in [0.2, 0.25) is 5.91 Å². The Morgan fingerprint density at radius 1 is 0.923 bits per heavy atom. The first-order valence-corrected chi connectivity index (χ1v) is 13.1. The summed E-state index contributed by atoms with van der Waals surface area (Å²) >= 11 is 1.36. The fourth-order valence-electron chi connectivity index (χ4n) is 4.49. The molecule has 0 radical (unpaired) electrons. The molecular weight excluding hydrogens is 514 g/mol. The normalized spacial score (nSPS) is 13.1. The third-order valence-electron chi connectivity index (χ3n) is 6.42. The van der Waals surface area contributed by atoms with Crippen molar-refractivity contribution >= 4 is 46.2 Å². The summed E-state index contributed by atoms with van der Waals surface area (Å²) in [5.74, 6) is -1.65. The maximum atomic E-state index is 14.0. The molecular formula is C30H25N3O5S. The first-order chi connectivity index (χ1) is 19.0. The maximum Gasteiger partial charge on any atom is 0.299 e. The number of thiophene rings is 1. The molecule has 1 aromatic heterocycles. The van der Waals surface area contributed by atoms with Crippen LogP contribution in [0.5, 0.6) is 5.75 Å². The van der Waals surface area contributed by atoms with Crippen LogP contribution in [0.1, 0.15) is 26.8 Å². The highest BCUT2D eigenvalue weighted by atomic mass is 32.1. The van der Waals surface area contributed by atoms with E-state index in [-0.39, 0.29) is 18.7 Å². The van der Waals surface area contributed by atoms with Gasteiger partial charge in [-0.1, -0.05) is 48.5 Å². The highest BCUT2D eigenvalue weighted by Gasteiger charge is 2.39. The zero-order valence-corrected chi connectivity index (χ0v) is 21.9. The molecule has 4 aromatic rings. The number of ketones is 1. The number of fused-ring (bicyclic) bond motifs is 1. The minimum absolute atomic E-state index is 0.121. The fraction of sp³-hybridized carbons (Fsp3) is 0.133. The lowest BCUT2D eigenvalue weighted by molar-refractivity contribution is -0.138. The lowest BCUT2D eigenvalue weighted by Crippen LogP contribution is -2.46. The molecule has 0 saturated heterocycles. The number of ether oxygens (including phenoxy) is 1. The van der Waals surface area contributed by atoms with Crippen molar-refractivity contribution in [2.24, 2.45) is 0 Å². The summed E-state index contributed by atoms with van der Waals surface area (Å²) in [6, 6.07) is 25.4. The molecule has 5 rings (SSSR count). The number of para-hydroxylation sites is 1. The molecule has 9 heteroatoms. The largest absolute Gasteiger partial charge is 0.497 e. The van der Waals surface area contributed by atoms with E-state index in [4.69, 9.17) is 4.74 Å². The molecule has 0 unspecified atom stereocenters. The fourth-order valence-corrected chi connectivity index (χ4v) is 5.33. The third kappa shape index (κ3) is 5.44. The highest BCUT2D eigenvalue weighted by Crippen LogP contribution is 2.32. The van der Waals surface area contributed by atoms with Gasteiger partial charge in [-0.3, -0.25) is 24.1 Å². The molecule has 2 heterocycles. The summed E-state index contributed by atoms with van der Waals surface area (Å²) in [4.78, 5) is 56.4. The predicted octanol–water partition coefficient (Wildman–Crippen LogP) is 4.69. The zero-order valence-electron chi connectivity index (χ0n) is 21.1. The van der Waals surface area contributed by atoms with Crippen molar-refractivity contribution in [3.05, 3.63) is 112 Å². The van der Waals surface area contributed by atoms with E-state index in [1.54, 1.807) is 61.7 Å². The number of nitrogens with zero attached hydrogens (tertiary/aromatic N) is 2. The molecule has 0 spiro atoms. The van der Waals surface area contributed by atoms with Crippen LogP contribution in [0, 0.1) is 0 Å². The van der Waals surface area contributed by atoms with E-state index < -0.39 is 29.5 Å². The van der Waals surface area contributed by atoms with Gasteiger partial charge in [-0.05, 0) is 53.4 Å². The average Bonchev–Trinajstić information content (AvgIpc) is 3.57. The van der Waals surface area contributed by atoms with Crippen LogP contribution >= 0.6 is 11.3 Å². The summed E-state index contributed by atoms with van der Waals surface area (Å²) in [7, 11) is 1.56. The number of rotatable bonds is 9. The second kappa shape index (κ2) is 11.3. The number of Topliss-reactive ketones (excluding diaryl/α,β-unsaturated/α-hetero) is 1. The van der Waals surface area contributed by atoms with Crippen molar-refractivity contribution in [2.45, 2.75) is 12.6 Å². The molecule has 1 N–H and O–H groups in total. The smallest absolute Gasteiger partial charge is 0.299 e. The molecule has 39 heavy (non-hydrogen) atoms. The molecule has 8 nitrogen and oxygen atoms in total. The van der Waals surface area contributed by atoms with E-state index in [0.29, 0.717) is 22.0 Å². The van der Waals surface area contributed by atoms with E-state index in [0.717, 1.165) is 5.56 Å². The molecule has 0 bridgehead atoms. The van der Waals surface area contributed by atoms with Gasteiger partial charge in [-0.2, -0.15) is 0 Å². The lowest BCUT2D eigenvalue weighted by Gasteiger charge is -2.32. The molecule has 0 saturated carbocycles. The van der Waals surface area contributed by atoms with Crippen molar-refractivity contribution in [1.82, 2.24) is 4.90 Å². The molecule has 0 fully saturated rings. The van der Waals surface area contributed by atoms with Crippen LogP contribution in [0.3, 0.4) is 0 Å². The number of carbonyl (C=O) groups is 4. The first kappa shape index (κ1) is 25.9. The van der Waals surface area contributed by atoms with Crippen LogP contribution in [-0.2, 0) is 20.9 Å². The van der Waals surface area contributed by atoms with E-state index >= 15 is 0 Å². The van der Waals surface area contributed by atoms with Crippen LogP contribution in [0.25, 0.3) is 0 Å². The van der Waals surface area contributed by atoms with Gasteiger partial charge >= 0.3 is 0 Å². The summed E-state index contributed by atoms with van der Waals surface area (Å²) < 4.78 is 5.20. The van der Waals surface area contributed by atoms with Crippen molar-refractivity contribution in [3.8, 4) is 5.75 Å². The van der Waals surface area contributed by atoms with E-state index in [1.165, 1.54) is 21.1 Å². The van der Waals surface area contributed by atoms with Gasteiger partial charge in [-0.15, -0.1) is 11.3 Å². The number of hydrogen-bond donors (Lipinski definition) is 1. The van der Waals surface area contributed by atoms with E-state index in [2.05, 4.69) is 5.32 Å². The van der Waals surface area contributed by atoms with Crippen LogP contribution in [0.15, 0.2) is 96.4 Å². The quantitative estimate of drug-likeness (QED) is 0.311. The van der Waals surface area contributed by atoms with Crippen LogP contribution < -0.4 is 15.0 Å². The SMILES string of the molecule is COc1ccc(NC(=O)[C@H](c2cccs2)N(Cc2ccccc2)C(=O)CN2C(=O)C(=O)c3ccccc32)cc1. The standard InChI is InChI=1S/C30H25N3O5S/c1-38-22-15-13-21(14-16-22)31-29(36)27(25-12-7-17-39-25)33(18-20-8-3-2-4-9-20)26(34)19-32-24-11-6-5-10-23(24)28(35)30(32)37/h2-17,27H,18-19H2,1H3,(H,31,36)/t27-/m0/s1. The topological polar surface area (TPSA) is 96.0 Å². The van der Waals surface area contributed by atoms with E-state index in [1.807, 2.05) is 41.8 Å². The number of methoxy groups -OCH3 is 1. The average molecular weight is 540 g/mol. The molecule has 3 aromatic carbocycles. The Kier molecular flexibility index (Phi) is 7.51. The molecule has 3 amide bonds. The molecule has 1 aliphatic heterocycles. The second-order valence-corrected chi connectivity index (χ2v) is 9.86. The third-order valence-corrected chi connectivity index (χ3v) is 7.34. The zero-order chi connectivity index (χ0) is 27.4. The summed E-state index contributed by atoms with van der Waals surface area (Å²) in [6.45, 7) is -0.262. The molecule has 1 atom stereocenters. The highest BCUT2D eigenvalue weighted by molar-refractivity contribution is 7.10.